The van der Waals surface area contributed by atoms with E-state index in [2.05, 4.69) is 51.8 Å². The second-order valence-corrected chi connectivity index (χ2v) is 6.30. The molecule has 18 heavy (non-hydrogen) atoms. The van der Waals surface area contributed by atoms with Crippen LogP contribution in [0.5, 0.6) is 5.75 Å². The fourth-order valence-corrected chi connectivity index (χ4v) is 1.38. The van der Waals surface area contributed by atoms with Crippen molar-refractivity contribution in [1.82, 2.24) is 10.3 Å². The Morgan fingerprint density at radius 1 is 1.22 bits per heavy atom. The number of rotatable bonds is 5. The minimum Gasteiger partial charge on any atom is -0.487 e. The molecule has 0 aromatic carbocycles. The predicted octanol–water partition coefficient (Wildman–Crippen LogP) is 3.54. The molecule has 1 aromatic heterocycles. The second-order valence-electron chi connectivity index (χ2n) is 6.30. The van der Waals surface area contributed by atoms with Gasteiger partial charge >= 0.3 is 0 Å². The summed E-state index contributed by atoms with van der Waals surface area (Å²) in [5.41, 5.74) is 1.06. The smallest absolute Gasteiger partial charge is 0.127 e. The molecule has 0 saturated carbocycles. The van der Waals surface area contributed by atoms with Crippen molar-refractivity contribution in [2.45, 2.75) is 65.6 Å². The van der Waals surface area contributed by atoms with Crippen LogP contribution in [0.3, 0.4) is 0 Å². The molecule has 0 spiro atoms. The zero-order valence-electron chi connectivity index (χ0n) is 12.5. The molecule has 0 unspecified atom stereocenters. The summed E-state index contributed by atoms with van der Waals surface area (Å²) < 4.78 is 6.07. The average molecular weight is 250 g/mol. The van der Waals surface area contributed by atoms with Gasteiger partial charge in [0, 0.05) is 30.0 Å². The molecule has 0 aliphatic rings. The van der Waals surface area contributed by atoms with Crippen molar-refractivity contribution >= 4 is 0 Å². The van der Waals surface area contributed by atoms with Crippen LogP contribution in [0.1, 0.15) is 53.5 Å². The maximum Gasteiger partial charge on any atom is 0.127 e. The van der Waals surface area contributed by atoms with Crippen LogP contribution in [0.2, 0.25) is 0 Å². The zero-order chi connectivity index (χ0) is 13.8. The molecule has 0 radical (unpaired) electrons. The number of hydrogen-bond acceptors (Lipinski definition) is 3. The van der Waals surface area contributed by atoms with Crippen LogP contribution in [0.25, 0.3) is 0 Å². The summed E-state index contributed by atoms with van der Waals surface area (Å²) in [4.78, 5) is 4.18. The third kappa shape index (κ3) is 5.05. The van der Waals surface area contributed by atoms with Crippen molar-refractivity contribution in [2.75, 3.05) is 0 Å². The number of hydrogen-bond donors (Lipinski definition) is 1. The Labute approximate surface area is 111 Å². The molecular formula is C15H26N2O. The maximum atomic E-state index is 6.07. The first-order chi connectivity index (χ1) is 8.23. The molecular weight excluding hydrogens is 224 g/mol. The molecule has 0 fully saturated rings. The highest BCUT2D eigenvalue weighted by Gasteiger charge is 2.19. The summed E-state index contributed by atoms with van der Waals surface area (Å²) >= 11 is 0. The fourth-order valence-electron chi connectivity index (χ4n) is 1.38. The number of nitrogens with zero attached hydrogens (tertiary/aromatic N) is 1. The van der Waals surface area contributed by atoms with E-state index in [1.807, 2.05) is 12.3 Å². The van der Waals surface area contributed by atoms with E-state index in [-0.39, 0.29) is 11.1 Å². The molecule has 1 aromatic rings. The monoisotopic (exact) mass is 250 g/mol. The third-order valence-corrected chi connectivity index (χ3v) is 2.91. The quantitative estimate of drug-likeness (QED) is 0.868. The average Bonchev–Trinajstić information content (AvgIpc) is 2.26. The molecule has 0 bridgehead atoms. The Bertz CT molecular complexity index is 380. The highest BCUT2D eigenvalue weighted by molar-refractivity contribution is 5.30. The van der Waals surface area contributed by atoms with Gasteiger partial charge in [0.05, 0.1) is 0 Å². The Hall–Kier alpha value is -1.09. The molecule has 0 amide bonds. The standard InChI is InChI=1S/C15H26N2O/c1-7-15(5,6)18-13-8-9-16-10-12(13)11-17-14(2,3)4/h8-10,17H,7,11H2,1-6H3. The van der Waals surface area contributed by atoms with Gasteiger partial charge in [0.1, 0.15) is 11.4 Å². The van der Waals surface area contributed by atoms with Gasteiger partial charge in [-0.1, -0.05) is 6.92 Å². The van der Waals surface area contributed by atoms with Gasteiger partial charge in [-0.15, -0.1) is 0 Å². The van der Waals surface area contributed by atoms with Gasteiger partial charge in [0.2, 0.25) is 0 Å². The summed E-state index contributed by atoms with van der Waals surface area (Å²) in [6.07, 6.45) is 4.63. The minimum atomic E-state index is -0.141. The van der Waals surface area contributed by atoms with Crippen molar-refractivity contribution in [3.05, 3.63) is 24.0 Å². The number of nitrogens with one attached hydrogen (secondary N) is 1. The Kier molecular flexibility index (Phi) is 4.74. The van der Waals surface area contributed by atoms with Crippen molar-refractivity contribution in [1.29, 1.82) is 0 Å². The predicted molar refractivity (Wildman–Crippen MR) is 75.8 cm³/mol. The van der Waals surface area contributed by atoms with Gasteiger partial charge in [-0.05, 0) is 47.1 Å². The summed E-state index contributed by atoms with van der Waals surface area (Å²) in [6, 6.07) is 1.94. The molecule has 3 nitrogen and oxygen atoms in total. The van der Waals surface area contributed by atoms with Gasteiger partial charge in [-0.25, -0.2) is 0 Å². The lowest BCUT2D eigenvalue weighted by Crippen LogP contribution is -2.35. The van der Waals surface area contributed by atoms with Crippen LogP contribution < -0.4 is 10.1 Å². The van der Waals surface area contributed by atoms with E-state index < -0.39 is 0 Å². The van der Waals surface area contributed by atoms with Gasteiger partial charge in [-0.2, -0.15) is 0 Å². The second kappa shape index (κ2) is 5.70. The highest BCUT2D eigenvalue weighted by Crippen LogP contribution is 2.24. The lowest BCUT2D eigenvalue weighted by Gasteiger charge is -2.27. The van der Waals surface area contributed by atoms with E-state index in [9.17, 15) is 0 Å². The summed E-state index contributed by atoms with van der Waals surface area (Å²) in [7, 11) is 0. The summed E-state index contributed by atoms with van der Waals surface area (Å²) in [5.74, 6) is 0.925. The van der Waals surface area contributed by atoms with Gasteiger partial charge in [0.15, 0.2) is 0 Å². The van der Waals surface area contributed by atoms with Crippen LogP contribution in [0, 0.1) is 0 Å². The normalized spacial score (nSPS) is 12.6. The minimum absolute atomic E-state index is 0.0907. The van der Waals surface area contributed by atoms with Crippen LogP contribution >= 0.6 is 0 Å². The molecule has 0 aliphatic carbocycles. The molecule has 1 rings (SSSR count). The van der Waals surface area contributed by atoms with Gasteiger partial charge in [-0.3, -0.25) is 4.98 Å². The van der Waals surface area contributed by atoms with E-state index >= 15 is 0 Å². The highest BCUT2D eigenvalue weighted by atomic mass is 16.5. The number of pyridine rings is 1. The Morgan fingerprint density at radius 3 is 2.44 bits per heavy atom. The van der Waals surface area contributed by atoms with Crippen LogP contribution in [-0.4, -0.2) is 16.1 Å². The first-order valence-electron chi connectivity index (χ1n) is 6.60. The van der Waals surface area contributed by atoms with E-state index in [0.717, 1.165) is 24.3 Å². The van der Waals surface area contributed by atoms with Crippen molar-refractivity contribution in [3.8, 4) is 5.75 Å². The largest absolute Gasteiger partial charge is 0.487 e. The van der Waals surface area contributed by atoms with Crippen LogP contribution in [0.15, 0.2) is 18.5 Å². The molecule has 1 N–H and O–H groups in total. The molecule has 1 heterocycles. The zero-order valence-corrected chi connectivity index (χ0v) is 12.5. The third-order valence-electron chi connectivity index (χ3n) is 2.91. The van der Waals surface area contributed by atoms with Crippen LogP contribution in [-0.2, 0) is 6.54 Å². The summed E-state index contributed by atoms with van der Waals surface area (Å²) in [5, 5.41) is 3.46. The lowest BCUT2D eigenvalue weighted by molar-refractivity contribution is 0.103. The van der Waals surface area contributed by atoms with Gasteiger partial charge < -0.3 is 10.1 Å². The lowest BCUT2D eigenvalue weighted by atomic mass is 10.1. The Morgan fingerprint density at radius 2 is 1.89 bits per heavy atom. The molecule has 102 valence electrons. The molecule has 0 aliphatic heterocycles. The topological polar surface area (TPSA) is 34.1 Å². The fraction of sp³-hybridized carbons (Fsp3) is 0.667. The molecule has 0 atom stereocenters. The number of ether oxygens (including phenoxy) is 1. The SMILES string of the molecule is CCC(C)(C)Oc1ccncc1CNC(C)(C)C. The van der Waals surface area contributed by atoms with E-state index in [0.29, 0.717) is 0 Å². The molecule has 3 heteroatoms. The van der Waals surface area contributed by atoms with E-state index in [1.165, 1.54) is 0 Å². The van der Waals surface area contributed by atoms with Crippen molar-refractivity contribution in [2.24, 2.45) is 0 Å². The summed E-state index contributed by atoms with van der Waals surface area (Å²) in [6.45, 7) is 13.6. The van der Waals surface area contributed by atoms with Crippen LogP contribution in [0.4, 0.5) is 0 Å². The Balaban J connectivity index is 2.80. The van der Waals surface area contributed by atoms with E-state index in [4.69, 9.17) is 4.74 Å². The van der Waals surface area contributed by atoms with Gasteiger partial charge in [0.25, 0.3) is 0 Å². The first-order valence-corrected chi connectivity index (χ1v) is 6.60. The van der Waals surface area contributed by atoms with E-state index in [1.54, 1.807) is 6.20 Å². The molecule has 0 saturated heterocycles. The number of aromatic nitrogens is 1. The van der Waals surface area contributed by atoms with Crippen molar-refractivity contribution in [3.63, 3.8) is 0 Å². The van der Waals surface area contributed by atoms with Crippen molar-refractivity contribution < 1.29 is 4.74 Å². The maximum absolute atomic E-state index is 6.07. The first kappa shape index (κ1) is 15.0.